The van der Waals surface area contributed by atoms with E-state index >= 15 is 0 Å². The number of hydrogen-bond acceptors (Lipinski definition) is 5. The van der Waals surface area contributed by atoms with Crippen LogP contribution in [-0.2, 0) is 4.79 Å². The minimum atomic E-state index is -0.177. The van der Waals surface area contributed by atoms with Crippen molar-refractivity contribution >= 4 is 17.5 Å². The van der Waals surface area contributed by atoms with Crippen LogP contribution in [0.5, 0.6) is 5.75 Å². The maximum Gasteiger partial charge on any atom is 0.262 e. The summed E-state index contributed by atoms with van der Waals surface area (Å²) >= 11 is 6.18. The number of carbonyl (C=O) groups is 1. The number of benzene rings is 2. The van der Waals surface area contributed by atoms with Gasteiger partial charge in [0.1, 0.15) is 5.75 Å². The number of amides is 1. The first-order valence-corrected chi connectivity index (χ1v) is 8.64. The van der Waals surface area contributed by atoms with Crippen LogP contribution in [0.1, 0.15) is 13.3 Å². The van der Waals surface area contributed by atoms with Gasteiger partial charge >= 0.3 is 0 Å². The van der Waals surface area contributed by atoms with Crippen molar-refractivity contribution in [2.24, 2.45) is 0 Å². The molecule has 0 aliphatic heterocycles. The van der Waals surface area contributed by atoms with Gasteiger partial charge in [0.05, 0.1) is 10.6 Å². The molecule has 0 aliphatic carbocycles. The molecule has 134 valence electrons. The predicted octanol–water partition coefficient (Wildman–Crippen LogP) is 3.96. The van der Waals surface area contributed by atoms with E-state index in [0.29, 0.717) is 40.2 Å². The second-order valence-corrected chi connectivity index (χ2v) is 5.94. The smallest absolute Gasteiger partial charge is 0.262 e. The Morgan fingerprint density at radius 2 is 1.88 bits per heavy atom. The number of para-hydroxylation sites is 1. The number of ether oxygens (including phenoxy) is 1. The van der Waals surface area contributed by atoms with Crippen LogP contribution in [0.4, 0.5) is 0 Å². The second kappa shape index (κ2) is 8.49. The summed E-state index contributed by atoms with van der Waals surface area (Å²) in [4.78, 5) is 16.2. The molecule has 1 N–H and O–H groups in total. The fraction of sp³-hybridized carbons (Fsp3) is 0.211. The predicted molar refractivity (Wildman–Crippen MR) is 99.0 cm³/mol. The van der Waals surface area contributed by atoms with E-state index in [1.807, 2.05) is 37.3 Å². The average molecular weight is 372 g/mol. The second-order valence-electron chi connectivity index (χ2n) is 5.54. The molecular formula is C19H18ClN3O3. The fourth-order valence-corrected chi connectivity index (χ4v) is 2.53. The lowest BCUT2D eigenvalue weighted by molar-refractivity contribution is -0.123. The molecule has 3 aromatic rings. The Labute approximate surface area is 156 Å². The monoisotopic (exact) mass is 371 g/mol. The van der Waals surface area contributed by atoms with Crippen LogP contribution >= 0.6 is 11.6 Å². The maximum atomic E-state index is 11.7. The van der Waals surface area contributed by atoms with E-state index in [4.69, 9.17) is 20.9 Å². The molecule has 6 nitrogen and oxygen atoms in total. The van der Waals surface area contributed by atoms with E-state index in [9.17, 15) is 4.79 Å². The zero-order chi connectivity index (χ0) is 18.4. The molecule has 2 aromatic carbocycles. The van der Waals surface area contributed by atoms with Gasteiger partial charge in [-0.3, -0.25) is 4.79 Å². The molecule has 26 heavy (non-hydrogen) atoms. The van der Waals surface area contributed by atoms with Crippen molar-refractivity contribution < 1.29 is 14.1 Å². The third-order valence-electron chi connectivity index (χ3n) is 3.59. The summed E-state index contributed by atoms with van der Waals surface area (Å²) in [5, 5.41) is 7.30. The van der Waals surface area contributed by atoms with Gasteiger partial charge < -0.3 is 14.6 Å². The lowest BCUT2D eigenvalue weighted by atomic mass is 10.2. The summed E-state index contributed by atoms with van der Waals surface area (Å²) < 4.78 is 11.0. The van der Waals surface area contributed by atoms with Crippen LogP contribution in [0.3, 0.4) is 0 Å². The number of hydrogen-bond donors (Lipinski definition) is 1. The number of nitrogens with one attached hydrogen (secondary N) is 1. The van der Waals surface area contributed by atoms with Crippen LogP contribution < -0.4 is 10.1 Å². The van der Waals surface area contributed by atoms with E-state index in [0.717, 1.165) is 6.42 Å². The summed E-state index contributed by atoms with van der Waals surface area (Å²) in [6, 6.07) is 14.5. The van der Waals surface area contributed by atoms with Crippen molar-refractivity contribution in [3.63, 3.8) is 0 Å². The normalized spacial score (nSPS) is 10.5. The van der Waals surface area contributed by atoms with Crippen molar-refractivity contribution in [2.45, 2.75) is 13.3 Å². The van der Waals surface area contributed by atoms with Gasteiger partial charge in [0.25, 0.3) is 11.8 Å². The topological polar surface area (TPSA) is 77.2 Å². The Hall–Kier alpha value is -2.86. The van der Waals surface area contributed by atoms with Crippen LogP contribution in [0.15, 0.2) is 53.1 Å². The van der Waals surface area contributed by atoms with Gasteiger partial charge in [0, 0.05) is 12.1 Å². The quantitative estimate of drug-likeness (QED) is 0.680. The average Bonchev–Trinajstić information content (AvgIpc) is 3.15. The highest BCUT2D eigenvalue weighted by atomic mass is 35.5. The Morgan fingerprint density at radius 1 is 1.15 bits per heavy atom. The highest BCUT2D eigenvalue weighted by molar-refractivity contribution is 6.33. The largest absolute Gasteiger partial charge is 0.483 e. The Balaban J connectivity index is 1.80. The number of carbonyl (C=O) groups excluding carboxylic acids is 1. The summed E-state index contributed by atoms with van der Waals surface area (Å²) in [7, 11) is 0. The van der Waals surface area contributed by atoms with Gasteiger partial charge in [-0.15, -0.1) is 0 Å². The minimum Gasteiger partial charge on any atom is -0.483 e. The van der Waals surface area contributed by atoms with Gasteiger partial charge in [-0.1, -0.05) is 47.9 Å². The maximum absolute atomic E-state index is 11.7. The van der Waals surface area contributed by atoms with E-state index in [1.54, 1.807) is 18.2 Å². The first-order chi connectivity index (χ1) is 12.7. The molecule has 0 unspecified atom stereocenters. The minimum absolute atomic E-state index is 0.0808. The van der Waals surface area contributed by atoms with Crippen LogP contribution in [0.25, 0.3) is 22.8 Å². The molecule has 0 saturated carbocycles. The third kappa shape index (κ3) is 4.21. The fourth-order valence-electron chi connectivity index (χ4n) is 2.31. The summed E-state index contributed by atoms with van der Waals surface area (Å²) in [5.41, 5.74) is 1.29. The Kier molecular flexibility index (Phi) is 5.86. The number of aromatic nitrogens is 2. The van der Waals surface area contributed by atoms with Crippen molar-refractivity contribution in [3.8, 4) is 28.6 Å². The van der Waals surface area contributed by atoms with E-state index in [1.165, 1.54) is 0 Å². The molecule has 0 atom stereocenters. The Bertz CT molecular complexity index is 895. The molecule has 1 heterocycles. The molecule has 0 spiro atoms. The molecule has 1 amide bonds. The molecule has 3 rings (SSSR count). The zero-order valence-corrected chi connectivity index (χ0v) is 15.0. The van der Waals surface area contributed by atoms with Gasteiger partial charge in [-0.05, 0) is 30.7 Å². The molecule has 7 heteroatoms. The molecule has 0 radical (unpaired) electrons. The summed E-state index contributed by atoms with van der Waals surface area (Å²) in [6.07, 6.45) is 0.870. The van der Waals surface area contributed by atoms with Crippen molar-refractivity contribution in [3.05, 3.63) is 53.6 Å². The first-order valence-electron chi connectivity index (χ1n) is 8.26. The van der Waals surface area contributed by atoms with E-state index in [-0.39, 0.29) is 12.5 Å². The van der Waals surface area contributed by atoms with Crippen molar-refractivity contribution in [1.82, 2.24) is 15.5 Å². The lowest BCUT2D eigenvalue weighted by Crippen LogP contribution is -2.29. The molecule has 1 aromatic heterocycles. The van der Waals surface area contributed by atoms with Crippen molar-refractivity contribution in [2.75, 3.05) is 13.2 Å². The molecular weight excluding hydrogens is 354 g/mol. The van der Waals surface area contributed by atoms with Gasteiger partial charge in [-0.2, -0.15) is 4.98 Å². The zero-order valence-electron chi connectivity index (χ0n) is 14.2. The summed E-state index contributed by atoms with van der Waals surface area (Å²) in [6.45, 7) is 2.53. The van der Waals surface area contributed by atoms with Gasteiger partial charge in [0.15, 0.2) is 6.61 Å². The number of nitrogens with zero attached hydrogens (tertiary/aromatic N) is 2. The number of rotatable bonds is 7. The lowest BCUT2D eigenvalue weighted by Gasteiger charge is -2.09. The third-order valence-corrected chi connectivity index (χ3v) is 3.92. The first kappa shape index (κ1) is 17.9. The van der Waals surface area contributed by atoms with E-state index in [2.05, 4.69) is 15.5 Å². The number of halogens is 1. The summed E-state index contributed by atoms with van der Waals surface area (Å²) in [5.74, 6) is 1.00. The highest BCUT2D eigenvalue weighted by Crippen LogP contribution is 2.31. The standard InChI is InChI=1S/C19H18ClN3O3/c1-2-11-21-17(24)12-25-16-10-6-4-8-14(16)19-22-18(23-26-19)13-7-3-5-9-15(13)20/h3-10H,2,11-12H2,1H3,(H,21,24). The highest BCUT2D eigenvalue weighted by Gasteiger charge is 2.16. The SMILES string of the molecule is CCCNC(=O)COc1ccccc1-c1nc(-c2ccccc2Cl)no1. The van der Waals surface area contributed by atoms with Crippen molar-refractivity contribution in [1.29, 1.82) is 0 Å². The molecule has 0 bridgehead atoms. The van der Waals surface area contributed by atoms with E-state index < -0.39 is 0 Å². The van der Waals surface area contributed by atoms with Crippen LogP contribution in [-0.4, -0.2) is 29.2 Å². The van der Waals surface area contributed by atoms with Gasteiger partial charge in [0.2, 0.25) is 5.82 Å². The van der Waals surface area contributed by atoms with Gasteiger partial charge in [-0.25, -0.2) is 0 Å². The Morgan fingerprint density at radius 3 is 2.65 bits per heavy atom. The van der Waals surface area contributed by atoms with Crippen LogP contribution in [0.2, 0.25) is 5.02 Å². The molecule has 0 saturated heterocycles. The van der Waals surface area contributed by atoms with Crippen LogP contribution in [0, 0.1) is 0 Å². The molecule has 0 aliphatic rings. The molecule has 0 fully saturated rings.